The van der Waals surface area contributed by atoms with E-state index in [-0.39, 0.29) is 17.9 Å². The van der Waals surface area contributed by atoms with Crippen molar-refractivity contribution in [2.75, 3.05) is 0 Å². The van der Waals surface area contributed by atoms with Crippen molar-refractivity contribution in [2.24, 2.45) is 0 Å². The zero-order valence-electron chi connectivity index (χ0n) is 13.5. The van der Waals surface area contributed by atoms with E-state index in [1.165, 1.54) is 0 Å². The maximum Gasteiger partial charge on any atom is 0.258 e. The monoisotopic (exact) mass is 332 g/mol. The van der Waals surface area contributed by atoms with E-state index in [1.54, 1.807) is 36.4 Å². The highest BCUT2D eigenvalue weighted by Crippen LogP contribution is 2.07. The Morgan fingerprint density at radius 1 is 1.20 bits per heavy atom. The number of H-pyrrole nitrogens is 1. The molecule has 25 heavy (non-hydrogen) atoms. The molecule has 6 nitrogen and oxygen atoms in total. The van der Waals surface area contributed by atoms with Crippen LogP contribution in [0, 0.1) is 11.3 Å². The third-order valence-corrected chi connectivity index (χ3v) is 3.80. The third-order valence-electron chi connectivity index (χ3n) is 3.80. The molecule has 2 aromatic carbocycles. The van der Waals surface area contributed by atoms with Gasteiger partial charge >= 0.3 is 0 Å². The first-order valence-corrected chi connectivity index (χ1v) is 7.89. The molecule has 0 bridgehead atoms. The Balaban J connectivity index is 1.59. The molecule has 0 unspecified atom stereocenters. The van der Waals surface area contributed by atoms with Crippen molar-refractivity contribution >= 4 is 16.8 Å². The molecule has 0 aliphatic carbocycles. The highest BCUT2D eigenvalue weighted by atomic mass is 16.1. The lowest BCUT2D eigenvalue weighted by molar-refractivity contribution is -0.121. The van der Waals surface area contributed by atoms with E-state index in [1.807, 2.05) is 12.1 Å². The molecule has 1 heterocycles. The number of nitrogens with one attached hydrogen (secondary N) is 2. The number of amides is 1. The van der Waals surface area contributed by atoms with E-state index in [4.69, 9.17) is 5.26 Å². The van der Waals surface area contributed by atoms with E-state index in [0.29, 0.717) is 35.3 Å². The van der Waals surface area contributed by atoms with Gasteiger partial charge in [-0.1, -0.05) is 24.3 Å². The molecule has 1 aromatic heterocycles. The number of hydrogen-bond donors (Lipinski definition) is 2. The van der Waals surface area contributed by atoms with Crippen LogP contribution in [0.15, 0.2) is 53.3 Å². The number of para-hydroxylation sites is 1. The van der Waals surface area contributed by atoms with Crippen LogP contribution in [0.25, 0.3) is 10.9 Å². The maximum absolute atomic E-state index is 12.0. The van der Waals surface area contributed by atoms with Gasteiger partial charge in [-0.2, -0.15) is 5.26 Å². The first-order valence-electron chi connectivity index (χ1n) is 7.89. The van der Waals surface area contributed by atoms with Crippen molar-refractivity contribution < 1.29 is 4.79 Å². The second-order valence-corrected chi connectivity index (χ2v) is 5.62. The fourth-order valence-corrected chi connectivity index (χ4v) is 2.53. The van der Waals surface area contributed by atoms with Crippen LogP contribution in [0.1, 0.15) is 23.4 Å². The SMILES string of the molecule is N#Cc1cccc(CNC(=O)CCc2nc3ccccc3c(=O)[nH]2)c1. The van der Waals surface area contributed by atoms with Gasteiger partial charge in [0.1, 0.15) is 5.82 Å². The quantitative estimate of drug-likeness (QED) is 0.747. The first-order chi connectivity index (χ1) is 12.2. The zero-order chi connectivity index (χ0) is 17.6. The number of fused-ring (bicyclic) bond motifs is 1. The molecule has 0 aliphatic heterocycles. The number of nitriles is 1. The van der Waals surface area contributed by atoms with Crippen LogP contribution in [0.2, 0.25) is 0 Å². The Kier molecular flexibility index (Phi) is 4.86. The van der Waals surface area contributed by atoms with Crippen molar-refractivity contribution in [1.29, 1.82) is 5.26 Å². The fraction of sp³-hybridized carbons (Fsp3) is 0.158. The zero-order valence-corrected chi connectivity index (χ0v) is 13.5. The minimum absolute atomic E-state index is 0.141. The summed E-state index contributed by atoms with van der Waals surface area (Å²) >= 11 is 0. The Hall–Kier alpha value is -3.46. The minimum atomic E-state index is -0.200. The molecule has 2 N–H and O–H groups in total. The molecule has 0 spiro atoms. The molecular weight excluding hydrogens is 316 g/mol. The standard InChI is InChI=1S/C19H16N4O2/c20-11-13-4-3-5-14(10-13)12-21-18(24)9-8-17-22-16-7-2-1-6-15(16)19(25)23-17/h1-7,10H,8-9,12H2,(H,21,24)(H,22,23,25). The van der Waals surface area contributed by atoms with E-state index in [2.05, 4.69) is 21.4 Å². The van der Waals surface area contributed by atoms with Gasteiger partial charge in [-0.05, 0) is 29.8 Å². The van der Waals surface area contributed by atoms with Crippen LogP contribution in [0.5, 0.6) is 0 Å². The topological polar surface area (TPSA) is 98.6 Å². The smallest absolute Gasteiger partial charge is 0.258 e. The van der Waals surface area contributed by atoms with Crippen LogP contribution in [0.4, 0.5) is 0 Å². The minimum Gasteiger partial charge on any atom is -0.352 e. The second-order valence-electron chi connectivity index (χ2n) is 5.62. The van der Waals surface area contributed by atoms with Gasteiger partial charge in [-0.15, -0.1) is 0 Å². The summed E-state index contributed by atoms with van der Waals surface area (Å²) in [5, 5.41) is 12.2. The summed E-state index contributed by atoms with van der Waals surface area (Å²) < 4.78 is 0. The largest absolute Gasteiger partial charge is 0.352 e. The van der Waals surface area contributed by atoms with Crippen LogP contribution < -0.4 is 10.9 Å². The number of hydrogen-bond acceptors (Lipinski definition) is 4. The molecule has 0 saturated carbocycles. The summed E-state index contributed by atoms with van der Waals surface area (Å²) in [4.78, 5) is 31.1. The first kappa shape index (κ1) is 16.4. The molecular formula is C19H16N4O2. The molecule has 0 aliphatic rings. The molecule has 1 amide bonds. The Morgan fingerprint density at radius 3 is 2.88 bits per heavy atom. The van der Waals surface area contributed by atoms with Gasteiger partial charge < -0.3 is 10.3 Å². The van der Waals surface area contributed by atoms with Gasteiger partial charge in [0.25, 0.3) is 5.56 Å². The Bertz CT molecular complexity index is 1020. The van der Waals surface area contributed by atoms with Crippen molar-refractivity contribution in [2.45, 2.75) is 19.4 Å². The molecule has 0 atom stereocenters. The Labute approximate surface area is 144 Å². The van der Waals surface area contributed by atoms with E-state index in [0.717, 1.165) is 5.56 Å². The maximum atomic E-state index is 12.0. The predicted molar refractivity (Wildman–Crippen MR) is 93.7 cm³/mol. The van der Waals surface area contributed by atoms with Gasteiger partial charge in [-0.25, -0.2) is 4.98 Å². The van der Waals surface area contributed by atoms with Gasteiger partial charge in [0.15, 0.2) is 0 Å². The van der Waals surface area contributed by atoms with Crippen molar-refractivity contribution in [1.82, 2.24) is 15.3 Å². The number of aryl methyl sites for hydroxylation is 1. The highest BCUT2D eigenvalue weighted by molar-refractivity contribution is 5.78. The van der Waals surface area contributed by atoms with Gasteiger partial charge in [0.2, 0.25) is 5.91 Å². The molecule has 3 rings (SSSR count). The molecule has 6 heteroatoms. The number of nitrogens with zero attached hydrogens (tertiary/aromatic N) is 2. The van der Waals surface area contributed by atoms with E-state index < -0.39 is 0 Å². The summed E-state index contributed by atoms with van der Waals surface area (Å²) in [6.07, 6.45) is 0.573. The molecule has 124 valence electrons. The normalized spacial score (nSPS) is 10.4. The predicted octanol–water partition coefficient (Wildman–Crippen LogP) is 2.04. The van der Waals surface area contributed by atoms with Crippen molar-refractivity contribution in [3.63, 3.8) is 0 Å². The number of rotatable bonds is 5. The lowest BCUT2D eigenvalue weighted by Crippen LogP contribution is -2.23. The lowest BCUT2D eigenvalue weighted by Gasteiger charge is -2.06. The summed E-state index contributed by atoms with van der Waals surface area (Å²) in [5.74, 6) is 0.350. The highest BCUT2D eigenvalue weighted by Gasteiger charge is 2.07. The number of carbonyl (C=O) groups excluding carboxylic acids is 1. The Morgan fingerprint density at radius 2 is 2.04 bits per heavy atom. The molecule has 0 saturated heterocycles. The average molecular weight is 332 g/mol. The lowest BCUT2D eigenvalue weighted by atomic mass is 10.1. The summed E-state index contributed by atoms with van der Waals surface area (Å²) in [6.45, 7) is 0.357. The number of carbonyl (C=O) groups is 1. The van der Waals surface area contributed by atoms with Gasteiger partial charge in [-0.3, -0.25) is 9.59 Å². The fourth-order valence-electron chi connectivity index (χ4n) is 2.53. The number of aromatic amines is 1. The summed E-state index contributed by atoms with van der Waals surface area (Å²) in [5.41, 5.74) is 1.85. The van der Waals surface area contributed by atoms with Crippen LogP contribution in [-0.4, -0.2) is 15.9 Å². The molecule has 0 radical (unpaired) electrons. The molecule has 0 fully saturated rings. The molecule has 3 aromatic rings. The van der Waals surface area contributed by atoms with Gasteiger partial charge in [0.05, 0.1) is 22.5 Å². The van der Waals surface area contributed by atoms with Crippen LogP contribution in [-0.2, 0) is 17.8 Å². The summed E-state index contributed by atoms with van der Waals surface area (Å²) in [6, 6.07) is 16.2. The van der Waals surface area contributed by atoms with E-state index in [9.17, 15) is 9.59 Å². The number of aromatic nitrogens is 2. The van der Waals surface area contributed by atoms with Crippen LogP contribution in [0.3, 0.4) is 0 Å². The third kappa shape index (κ3) is 4.09. The average Bonchev–Trinajstić information content (AvgIpc) is 2.65. The van der Waals surface area contributed by atoms with E-state index >= 15 is 0 Å². The van der Waals surface area contributed by atoms with Crippen molar-refractivity contribution in [3.05, 3.63) is 75.8 Å². The van der Waals surface area contributed by atoms with Crippen LogP contribution >= 0.6 is 0 Å². The van der Waals surface area contributed by atoms with Gasteiger partial charge in [0, 0.05) is 19.4 Å². The summed E-state index contributed by atoms with van der Waals surface area (Å²) in [7, 11) is 0. The van der Waals surface area contributed by atoms with Crippen molar-refractivity contribution in [3.8, 4) is 6.07 Å². The second kappa shape index (κ2) is 7.41. The number of benzene rings is 2.